The number of sulfonamides is 1. The summed E-state index contributed by atoms with van der Waals surface area (Å²) in [6.45, 7) is 0.878. The molecule has 0 radical (unpaired) electrons. The van der Waals surface area contributed by atoms with Crippen molar-refractivity contribution >= 4 is 31.9 Å². The largest absolute Gasteiger partial charge is 0.396 e. The van der Waals surface area contributed by atoms with Gasteiger partial charge in [-0.25, -0.2) is 17.2 Å². The topological polar surface area (TPSA) is 115 Å². The maximum Gasteiger partial charge on any atom is 0.245 e. The molecule has 33 heavy (non-hydrogen) atoms. The number of nitrogens with one attached hydrogen (secondary N) is 1. The van der Waals surface area contributed by atoms with Gasteiger partial charge in [0.1, 0.15) is 34.3 Å². The van der Waals surface area contributed by atoms with Gasteiger partial charge in [0.2, 0.25) is 15.9 Å². The number of amides is 1. The summed E-state index contributed by atoms with van der Waals surface area (Å²) in [6.07, 6.45) is 2.80. The first kappa shape index (κ1) is 25.3. The summed E-state index contributed by atoms with van der Waals surface area (Å²) in [7, 11) is -4.54. The van der Waals surface area contributed by atoms with Gasteiger partial charge in [0.15, 0.2) is 0 Å². The van der Waals surface area contributed by atoms with E-state index in [1.54, 1.807) is 22.9 Å². The van der Waals surface area contributed by atoms with E-state index in [-0.39, 0.29) is 30.0 Å². The molecular formula is C21H23BrF2N4O4S. The SMILES string of the molecule is N#Cc1cccn1CCC(NS(=O)(=O)c1c(F)cc(F)cc1Br)C(=O)N1CCC(CO)CC1. The highest BCUT2D eigenvalue weighted by molar-refractivity contribution is 9.10. The van der Waals surface area contributed by atoms with Crippen LogP contribution in [0.5, 0.6) is 0 Å². The number of hydrogen-bond donors (Lipinski definition) is 2. The first-order valence-corrected chi connectivity index (χ1v) is 12.6. The summed E-state index contributed by atoms with van der Waals surface area (Å²) in [6, 6.07) is 5.29. The Morgan fingerprint density at radius 3 is 2.64 bits per heavy atom. The van der Waals surface area contributed by atoms with Gasteiger partial charge in [0.25, 0.3) is 0 Å². The summed E-state index contributed by atoms with van der Waals surface area (Å²) < 4.78 is 57.4. The average Bonchev–Trinajstić information content (AvgIpc) is 3.22. The molecule has 1 aliphatic rings. The van der Waals surface area contributed by atoms with E-state index in [4.69, 9.17) is 0 Å². The van der Waals surface area contributed by atoms with Crippen LogP contribution in [0.2, 0.25) is 0 Å². The van der Waals surface area contributed by atoms with Crippen molar-refractivity contribution in [3.05, 3.63) is 52.3 Å². The minimum Gasteiger partial charge on any atom is -0.396 e. The molecule has 1 aromatic heterocycles. The number of halogens is 3. The van der Waals surface area contributed by atoms with Crippen LogP contribution in [-0.4, -0.2) is 54.6 Å². The number of aryl methyl sites for hydroxylation is 1. The van der Waals surface area contributed by atoms with Gasteiger partial charge in [-0.2, -0.15) is 9.98 Å². The molecule has 0 saturated carbocycles. The smallest absolute Gasteiger partial charge is 0.245 e. The molecular weight excluding hydrogens is 522 g/mol. The highest BCUT2D eigenvalue weighted by Crippen LogP contribution is 2.27. The van der Waals surface area contributed by atoms with Crippen molar-refractivity contribution in [2.45, 2.75) is 36.7 Å². The number of rotatable bonds is 8. The van der Waals surface area contributed by atoms with Gasteiger partial charge in [0.05, 0.1) is 0 Å². The lowest BCUT2D eigenvalue weighted by atomic mass is 9.97. The number of carbonyl (C=O) groups is 1. The minimum atomic E-state index is -4.54. The molecule has 1 unspecified atom stereocenters. The van der Waals surface area contributed by atoms with E-state index >= 15 is 0 Å². The second kappa shape index (κ2) is 10.7. The van der Waals surface area contributed by atoms with Crippen LogP contribution in [0.25, 0.3) is 0 Å². The molecule has 0 bridgehead atoms. The quantitative estimate of drug-likeness (QED) is 0.529. The number of nitriles is 1. The van der Waals surface area contributed by atoms with Crippen LogP contribution >= 0.6 is 15.9 Å². The molecule has 0 spiro atoms. The first-order chi connectivity index (χ1) is 15.7. The summed E-state index contributed by atoms with van der Waals surface area (Å²) in [4.78, 5) is 14.0. The van der Waals surface area contributed by atoms with E-state index in [0.29, 0.717) is 37.7 Å². The molecule has 1 fully saturated rings. The fourth-order valence-corrected chi connectivity index (χ4v) is 6.19. The van der Waals surface area contributed by atoms with Crippen molar-refractivity contribution in [2.75, 3.05) is 19.7 Å². The van der Waals surface area contributed by atoms with E-state index in [0.717, 1.165) is 6.07 Å². The van der Waals surface area contributed by atoms with Crippen molar-refractivity contribution in [1.29, 1.82) is 5.26 Å². The van der Waals surface area contributed by atoms with Gasteiger partial charge in [-0.1, -0.05) is 0 Å². The number of likely N-dealkylation sites (tertiary alicyclic amines) is 1. The van der Waals surface area contributed by atoms with E-state index in [1.165, 1.54) is 4.90 Å². The zero-order chi connectivity index (χ0) is 24.2. The number of nitrogens with zero attached hydrogens (tertiary/aromatic N) is 3. The number of aromatic nitrogens is 1. The lowest BCUT2D eigenvalue weighted by Crippen LogP contribution is -2.51. The van der Waals surface area contributed by atoms with Crippen molar-refractivity contribution in [3.63, 3.8) is 0 Å². The molecule has 1 amide bonds. The summed E-state index contributed by atoms with van der Waals surface area (Å²) in [5.74, 6) is -2.65. The molecule has 3 rings (SSSR count). The number of piperidine rings is 1. The number of hydrogen-bond acceptors (Lipinski definition) is 5. The molecule has 2 N–H and O–H groups in total. The minimum absolute atomic E-state index is 0.00177. The summed E-state index contributed by atoms with van der Waals surface area (Å²) in [5, 5.41) is 18.5. The Balaban J connectivity index is 1.86. The lowest BCUT2D eigenvalue weighted by molar-refractivity contribution is -0.134. The van der Waals surface area contributed by atoms with Gasteiger partial charge in [-0.05, 0) is 59.3 Å². The standard InChI is InChI=1S/C21H23BrF2N4O4S/c22-17-10-15(23)11-18(24)20(17)33(31,32)26-19(5-9-27-6-1-2-16(27)12-25)21(30)28-7-3-14(13-29)4-8-28/h1-2,6,10-11,14,19,26,29H,3-5,7-9,13H2. The normalized spacial score (nSPS) is 15.9. The predicted octanol–water partition coefficient (Wildman–Crippen LogP) is 2.37. The highest BCUT2D eigenvalue weighted by Gasteiger charge is 2.33. The number of aliphatic hydroxyl groups is 1. The van der Waals surface area contributed by atoms with Gasteiger partial charge < -0.3 is 14.6 Å². The Morgan fingerprint density at radius 2 is 2.03 bits per heavy atom. The Hall–Kier alpha value is -2.33. The molecule has 178 valence electrons. The molecule has 2 aromatic rings. The van der Waals surface area contributed by atoms with Crippen LogP contribution in [0.1, 0.15) is 25.0 Å². The zero-order valence-electron chi connectivity index (χ0n) is 17.5. The summed E-state index contributed by atoms with van der Waals surface area (Å²) in [5.41, 5.74) is 0.347. The molecule has 8 nitrogen and oxygen atoms in total. The van der Waals surface area contributed by atoms with Crippen LogP contribution < -0.4 is 4.72 Å². The van der Waals surface area contributed by atoms with Crippen molar-refractivity contribution in [2.24, 2.45) is 5.92 Å². The van der Waals surface area contributed by atoms with Crippen LogP contribution in [0.15, 0.2) is 39.8 Å². The Morgan fingerprint density at radius 1 is 1.33 bits per heavy atom. The lowest BCUT2D eigenvalue weighted by Gasteiger charge is -2.34. The second-order valence-corrected chi connectivity index (χ2v) is 10.3. The van der Waals surface area contributed by atoms with Gasteiger partial charge >= 0.3 is 0 Å². The zero-order valence-corrected chi connectivity index (χ0v) is 19.9. The Labute approximate surface area is 199 Å². The molecule has 1 aliphatic heterocycles. The Kier molecular flexibility index (Phi) is 8.23. The molecule has 1 saturated heterocycles. The van der Waals surface area contributed by atoms with Crippen molar-refractivity contribution in [3.8, 4) is 6.07 Å². The van der Waals surface area contributed by atoms with Gasteiger partial charge in [0, 0.05) is 43.0 Å². The number of carbonyl (C=O) groups excluding carboxylic acids is 1. The number of benzene rings is 1. The third-order valence-electron chi connectivity index (χ3n) is 5.61. The van der Waals surface area contributed by atoms with Crippen LogP contribution in [0.4, 0.5) is 8.78 Å². The molecule has 1 atom stereocenters. The predicted molar refractivity (Wildman–Crippen MR) is 118 cm³/mol. The molecule has 0 aliphatic carbocycles. The second-order valence-electron chi connectivity index (χ2n) is 7.81. The summed E-state index contributed by atoms with van der Waals surface area (Å²) >= 11 is 2.88. The number of aliphatic hydroxyl groups excluding tert-OH is 1. The van der Waals surface area contributed by atoms with Crippen molar-refractivity contribution < 1.29 is 27.1 Å². The molecule has 2 heterocycles. The Bertz CT molecular complexity index is 1130. The third-order valence-corrected chi connectivity index (χ3v) is 8.05. The van der Waals surface area contributed by atoms with E-state index < -0.39 is 38.5 Å². The van der Waals surface area contributed by atoms with E-state index in [1.807, 2.05) is 6.07 Å². The fraction of sp³-hybridized carbons (Fsp3) is 0.429. The third kappa shape index (κ3) is 5.97. The van der Waals surface area contributed by atoms with E-state index in [2.05, 4.69) is 20.7 Å². The van der Waals surface area contributed by atoms with Gasteiger partial charge in [-0.15, -0.1) is 0 Å². The van der Waals surface area contributed by atoms with Crippen LogP contribution in [-0.2, 0) is 21.4 Å². The van der Waals surface area contributed by atoms with Crippen molar-refractivity contribution in [1.82, 2.24) is 14.2 Å². The van der Waals surface area contributed by atoms with Crippen LogP contribution in [0.3, 0.4) is 0 Å². The van der Waals surface area contributed by atoms with E-state index in [9.17, 15) is 32.4 Å². The highest BCUT2D eigenvalue weighted by atomic mass is 79.9. The fourth-order valence-electron chi connectivity index (χ4n) is 3.80. The molecule has 1 aromatic carbocycles. The monoisotopic (exact) mass is 544 g/mol. The average molecular weight is 545 g/mol. The first-order valence-electron chi connectivity index (χ1n) is 10.3. The van der Waals surface area contributed by atoms with Gasteiger partial charge in [-0.3, -0.25) is 4.79 Å². The van der Waals surface area contributed by atoms with Crippen LogP contribution in [0, 0.1) is 28.9 Å². The maximum absolute atomic E-state index is 14.4. The maximum atomic E-state index is 14.4. The molecule has 12 heteroatoms.